The highest BCUT2D eigenvalue weighted by Gasteiger charge is 2.40. The predicted molar refractivity (Wildman–Crippen MR) is 280 cm³/mol. The molecule has 21 heteroatoms. The highest BCUT2D eigenvalue weighted by atomic mass is 32.1. The van der Waals surface area contributed by atoms with Gasteiger partial charge < -0.3 is 35.8 Å². The van der Waals surface area contributed by atoms with Gasteiger partial charge in [0.15, 0.2) is 11.5 Å². The highest BCUT2D eigenvalue weighted by molar-refractivity contribution is 7.10. The first-order valence-corrected chi connectivity index (χ1v) is 27.1. The van der Waals surface area contributed by atoms with E-state index in [4.69, 9.17) is 14.7 Å². The molecule has 0 spiro atoms. The second-order valence-electron chi connectivity index (χ2n) is 20.1. The van der Waals surface area contributed by atoms with Gasteiger partial charge in [0.25, 0.3) is 5.91 Å². The number of hydrogen-bond donors (Lipinski definition) is 5. The molecule has 2 saturated heterocycles. The number of carbonyl (C=O) groups is 5. The number of ketones is 1. The molecule has 4 amide bonds. The number of piperazine rings is 1. The van der Waals surface area contributed by atoms with Crippen LogP contribution in [0.5, 0.6) is 5.75 Å². The summed E-state index contributed by atoms with van der Waals surface area (Å²) in [6.45, 7) is 4.99. The smallest absolute Gasteiger partial charge is 0.254 e. The number of aromatic amines is 1. The number of hydrogen-bond acceptors (Lipinski definition) is 14. The molecule has 1 unspecified atom stereocenters. The average molecular weight is 1040 g/mol. The summed E-state index contributed by atoms with van der Waals surface area (Å²) < 4.78 is 23.6. The molecule has 2 aromatic carbocycles. The lowest BCUT2D eigenvalue weighted by molar-refractivity contribution is -0.139. The predicted octanol–water partition coefficient (Wildman–Crippen LogP) is 6.25. The van der Waals surface area contributed by atoms with Crippen LogP contribution >= 0.6 is 11.3 Å². The van der Waals surface area contributed by atoms with Crippen LogP contribution in [0, 0.1) is 11.7 Å². The minimum atomic E-state index is -0.599. The number of imidazole rings is 1. The van der Waals surface area contributed by atoms with Gasteiger partial charge >= 0.3 is 0 Å². The lowest BCUT2D eigenvalue weighted by Gasteiger charge is -2.35. The number of H-pyrrole nitrogens is 1. The van der Waals surface area contributed by atoms with E-state index in [1.54, 1.807) is 79.2 Å². The number of ether oxygens (including phenoxy) is 1. The summed E-state index contributed by atoms with van der Waals surface area (Å²) in [5.41, 5.74) is 4.28. The topological polar surface area (TPSA) is 224 Å². The van der Waals surface area contributed by atoms with Crippen molar-refractivity contribution in [2.24, 2.45) is 5.92 Å². The Kier molecular flexibility index (Phi) is 15.9. The molecular formula is C54H64FN13O6S. The van der Waals surface area contributed by atoms with Crippen LogP contribution < -0.4 is 26.0 Å². The van der Waals surface area contributed by atoms with Gasteiger partial charge in [0.05, 0.1) is 54.7 Å². The number of amides is 4. The van der Waals surface area contributed by atoms with E-state index < -0.39 is 17.9 Å². The van der Waals surface area contributed by atoms with Crippen molar-refractivity contribution in [3.63, 3.8) is 0 Å². The van der Waals surface area contributed by atoms with Gasteiger partial charge in [-0.1, -0.05) is 31.4 Å². The Labute approximate surface area is 438 Å². The van der Waals surface area contributed by atoms with E-state index in [2.05, 4.69) is 36.4 Å². The van der Waals surface area contributed by atoms with Crippen molar-refractivity contribution < 1.29 is 33.1 Å². The molecule has 5 N–H and O–H groups in total. The van der Waals surface area contributed by atoms with E-state index in [0.717, 1.165) is 74.7 Å². The summed E-state index contributed by atoms with van der Waals surface area (Å²) in [5.74, 6) is -0.163. The minimum Gasteiger partial charge on any atom is -0.494 e. The van der Waals surface area contributed by atoms with Crippen molar-refractivity contribution in [1.29, 1.82) is 0 Å². The van der Waals surface area contributed by atoms with Crippen molar-refractivity contribution in [2.75, 3.05) is 64.8 Å². The zero-order valence-corrected chi connectivity index (χ0v) is 43.2. The molecule has 6 heterocycles. The summed E-state index contributed by atoms with van der Waals surface area (Å²) in [4.78, 5) is 87.1. The molecule has 4 fully saturated rings. The molecule has 3 atom stereocenters. The van der Waals surface area contributed by atoms with E-state index in [1.165, 1.54) is 17.4 Å². The number of likely N-dealkylation sites (N-methyl/N-ethyl adjacent to an activating group) is 1. The van der Waals surface area contributed by atoms with E-state index >= 15 is 4.39 Å². The molecule has 4 aliphatic rings. The third-order valence-electron chi connectivity index (χ3n) is 14.9. The van der Waals surface area contributed by atoms with Crippen LogP contribution in [-0.2, 0) is 14.4 Å². The van der Waals surface area contributed by atoms with Crippen LogP contribution in [0.4, 0.5) is 15.9 Å². The first kappa shape index (κ1) is 51.4. The Bertz CT molecular complexity index is 3020. The summed E-state index contributed by atoms with van der Waals surface area (Å²) in [5, 5.41) is 21.5. The fraction of sp³-hybridized carbons (Fsp3) is 0.463. The van der Waals surface area contributed by atoms with Crippen molar-refractivity contribution in [3.05, 3.63) is 106 Å². The number of rotatable bonds is 20. The third kappa shape index (κ3) is 11.9. The summed E-state index contributed by atoms with van der Waals surface area (Å²) in [7, 11) is 1.73. The van der Waals surface area contributed by atoms with Crippen LogP contribution in [0.25, 0.3) is 16.9 Å². The molecule has 2 aliphatic heterocycles. The number of halogens is 1. The Morgan fingerprint density at radius 1 is 0.920 bits per heavy atom. The van der Waals surface area contributed by atoms with Crippen LogP contribution in [-0.4, -0.2) is 145 Å². The Hall–Kier alpha value is -7.10. The second-order valence-corrected chi connectivity index (χ2v) is 21.0. The summed E-state index contributed by atoms with van der Waals surface area (Å²) in [6, 6.07) is 10.1. The molecule has 2 aliphatic carbocycles. The van der Waals surface area contributed by atoms with Gasteiger partial charge in [0.1, 0.15) is 28.3 Å². The third-order valence-corrected chi connectivity index (χ3v) is 15.8. The van der Waals surface area contributed by atoms with Crippen molar-refractivity contribution in [1.82, 2.24) is 60.2 Å². The average Bonchev–Trinajstić information content (AvgIpc) is 3.88. The van der Waals surface area contributed by atoms with Gasteiger partial charge in [-0.2, -0.15) is 5.10 Å². The summed E-state index contributed by atoms with van der Waals surface area (Å²) >= 11 is 1.37. The van der Waals surface area contributed by atoms with Crippen LogP contribution in [0.15, 0.2) is 72.6 Å². The number of aromatic nitrogens is 6. The second kappa shape index (κ2) is 23.2. The molecular weight excluding hydrogens is 978 g/mol. The van der Waals surface area contributed by atoms with Crippen LogP contribution in [0.2, 0.25) is 0 Å². The van der Waals surface area contributed by atoms with Crippen molar-refractivity contribution in [3.8, 4) is 17.0 Å². The fourth-order valence-electron chi connectivity index (χ4n) is 10.3. The first-order chi connectivity index (χ1) is 36.5. The quantitative estimate of drug-likeness (QED) is 0.0422. The lowest BCUT2D eigenvalue weighted by atomic mass is 9.83. The lowest BCUT2D eigenvalue weighted by Crippen LogP contribution is -2.55. The molecule has 10 rings (SSSR count). The number of benzene rings is 2. The van der Waals surface area contributed by atoms with Gasteiger partial charge in [-0.3, -0.25) is 38.4 Å². The maximum absolute atomic E-state index is 15.7. The van der Waals surface area contributed by atoms with E-state index in [-0.39, 0.29) is 59.2 Å². The maximum atomic E-state index is 15.7. The number of anilines is 2. The van der Waals surface area contributed by atoms with Gasteiger partial charge in [0.2, 0.25) is 23.5 Å². The minimum absolute atomic E-state index is 0.0752. The standard InChI is InChI=1S/C54H64FN13O6S/c1-33(56-2)51(71)64-47(35-9-4-3-5-10-35)54(73)67-19-7-13-44(67)52-63-43(32-75-52)48(70)36-11-6-12-39(25-36)74-24-8-18-57-46(69)31-65-20-22-66(23-21-65)53(72)37-16-17-41(40(55)26-37)61-49-50-58-29-45(38-27-59-60-28-38)68(50)30-42(62-49)34-14-15-34/h6,11-12,16-17,25-30,32-35,44,47,56H,3-5,7-10,13-15,18-24,31H2,1-2H3,(H,57,69)(H,59,60)(H,61,62)(H,64,71)/t33-,44-,47?/m0/s1. The Morgan fingerprint density at radius 3 is 2.51 bits per heavy atom. The van der Waals surface area contributed by atoms with E-state index in [0.29, 0.717) is 91.7 Å². The SMILES string of the molecule is CN[C@@H](C)C(=O)NC(C(=O)N1CCC[C@H]1c1nc(C(=O)c2cccc(OCCCNC(=O)CN3CCN(C(=O)c4ccc(Nc5nc(C6CC6)cn6c(-c7cn[nH]c7)cnc56)c(F)c4)CC3)c2)cs1)C1CCCCC1. The molecule has 0 radical (unpaired) electrons. The van der Waals surface area contributed by atoms with Gasteiger partial charge in [-0.25, -0.2) is 19.3 Å². The highest BCUT2D eigenvalue weighted by Crippen LogP contribution is 2.41. The number of thiazole rings is 1. The van der Waals surface area contributed by atoms with E-state index in [1.807, 2.05) is 20.4 Å². The number of carbonyl (C=O) groups excluding carboxylic acids is 5. The molecule has 6 aromatic rings. The molecule has 4 aromatic heterocycles. The number of fused-ring (bicyclic) bond motifs is 1. The molecule has 2 saturated carbocycles. The monoisotopic (exact) mass is 1040 g/mol. The Balaban J connectivity index is 0.655. The molecule has 19 nitrogen and oxygen atoms in total. The number of nitrogens with one attached hydrogen (secondary N) is 5. The molecule has 0 bridgehead atoms. The number of nitrogens with zero attached hydrogens (tertiary/aromatic N) is 8. The van der Waals surface area contributed by atoms with Gasteiger partial charge in [-0.15, -0.1) is 11.3 Å². The fourth-order valence-corrected chi connectivity index (χ4v) is 11.3. The summed E-state index contributed by atoms with van der Waals surface area (Å²) in [6.07, 6.45) is 16.4. The van der Waals surface area contributed by atoms with Gasteiger partial charge in [0, 0.05) is 79.7 Å². The van der Waals surface area contributed by atoms with Crippen LogP contribution in [0.1, 0.15) is 120 Å². The zero-order valence-electron chi connectivity index (χ0n) is 42.4. The first-order valence-electron chi connectivity index (χ1n) is 26.2. The van der Waals surface area contributed by atoms with Crippen molar-refractivity contribution in [2.45, 2.75) is 95.2 Å². The van der Waals surface area contributed by atoms with Crippen LogP contribution in [0.3, 0.4) is 0 Å². The van der Waals surface area contributed by atoms with E-state index in [9.17, 15) is 24.0 Å². The molecule has 394 valence electrons. The number of likely N-dealkylation sites (tertiary alicyclic amines) is 1. The maximum Gasteiger partial charge on any atom is 0.254 e. The normalized spacial score (nSPS) is 18.2. The largest absolute Gasteiger partial charge is 0.494 e. The Morgan fingerprint density at radius 2 is 1.75 bits per heavy atom. The zero-order chi connectivity index (χ0) is 52.0. The molecule has 75 heavy (non-hydrogen) atoms. The van der Waals surface area contributed by atoms with Gasteiger partial charge in [-0.05, 0) is 95.2 Å². The van der Waals surface area contributed by atoms with Crippen molar-refractivity contribution >= 4 is 57.9 Å².